The molecule has 2 heterocycles. The number of piperidine rings is 1. The van der Waals surface area contributed by atoms with Crippen molar-refractivity contribution in [2.45, 2.75) is 24.3 Å². The summed E-state index contributed by atoms with van der Waals surface area (Å²) in [5.74, 6) is -0.349. The van der Waals surface area contributed by atoms with Crippen LogP contribution in [0, 0.1) is 5.92 Å². The van der Waals surface area contributed by atoms with Gasteiger partial charge in [0.15, 0.2) is 0 Å². The number of hydrogen-bond acceptors (Lipinski definition) is 4. The molecule has 0 unspecified atom stereocenters. The number of rotatable bonds is 6. The number of hydrogen-bond donors (Lipinski definition) is 1. The third-order valence-corrected chi connectivity index (χ3v) is 8.32. The standard InChI is InChI=1S/C22H22Cl2N4O3S/c23-19-7-4-8-20(24)21(19)32(30,31)27-11-9-17(10-12-27)22(29)25-13-16-14-26-28(15-16)18-5-2-1-3-6-18/h1-8,14-15,17H,9-13H2,(H,25,29). The van der Waals surface area contributed by atoms with Crippen LogP contribution in [0.2, 0.25) is 10.0 Å². The summed E-state index contributed by atoms with van der Waals surface area (Å²) in [4.78, 5) is 12.6. The topological polar surface area (TPSA) is 84.3 Å². The van der Waals surface area contributed by atoms with Crippen LogP contribution in [0.5, 0.6) is 0 Å². The summed E-state index contributed by atoms with van der Waals surface area (Å²) in [5, 5.41) is 7.44. The number of aromatic nitrogens is 2. The fourth-order valence-electron chi connectivity index (χ4n) is 3.72. The Morgan fingerprint density at radius 2 is 1.69 bits per heavy atom. The van der Waals surface area contributed by atoms with E-state index in [-0.39, 0.29) is 39.9 Å². The zero-order valence-corrected chi connectivity index (χ0v) is 19.4. The average Bonchev–Trinajstić information content (AvgIpc) is 3.27. The predicted octanol–water partition coefficient (Wildman–Crippen LogP) is 3.90. The molecule has 4 rings (SSSR count). The Kier molecular flexibility index (Phi) is 6.85. The summed E-state index contributed by atoms with van der Waals surface area (Å²) >= 11 is 12.2. The van der Waals surface area contributed by atoms with Crippen LogP contribution in [-0.4, -0.2) is 41.5 Å². The van der Waals surface area contributed by atoms with Crippen molar-refractivity contribution in [2.75, 3.05) is 13.1 Å². The fraction of sp³-hybridized carbons (Fsp3) is 0.273. The van der Waals surface area contributed by atoms with E-state index in [1.165, 1.54) is 16.4 Å². The van der Waals surface area contributed by atoms with Crippen LogP contribution in [0.4, 0.5) is 0 Å². The van der Waals surface area contributed by atoms with E-state index in [1.807, 2.05) is 36.5 Å². The molecular formula is C22H22Cl2N4O3S. The van der Waals surface area contributed by atoms with Gasteiger partial charge >= 0.3 is 0 Å². The van der Waals surface area contributed by atoms with Gasteiger partial charge in [-0.25, -0.2) is 13.1 Å². The lowest BCUT2D eigenvalue weighted by molar-refractivity contribution is -0.126. The lowest BCUT2D eigenvalue weighted by Crippen LogP contribution is -2.43. The summed E-state index contributed by atoms with van der Waals surface area (Å²) in [6.07, 6.45) is 4.45. The Bertz CT molecular complexity index is 1190. The summed E-state index contributed by atoms with van der Waals surface area (Å²) in [6.45, 7) is 0.821. The molecule has 0 aliphatic carbocycles. The molecule has 1 aliphatic rings. The third-order valence-electron chi connectivity index (χ3n) is 5.47. The van der Waals surface area contributed by atoms with E-state index in [9.17, 15) is 13.2 Å². The zero-order valence-electron chi connectivity index (χ0n) is 17.1. The maximum atomic E-state index is 13.0. The van der Waals surface area contributed by atoms with Gasteiger partial charge in [-0.15, -0.1) is 0 Å². The molecule has 2 aromatic carbocycles. The quantitative estimate of drug-likeness (QED) is 0.565. The first-order chi connectivity index (χ1) is 15.4. The Morgan fingerprint density at radius 3 is 2.34 bits per heavy atom. The molecule has 0 spiro atoms. The van der Waals surface area contributed by atoms with Gasteiger partial charge in [-0.2, -0.15) is 9.40 Å². The van der Waals surface area contributed by atoms with Crippen LogP contribution in [0.15, 0.2) is 65.8 Å². The van der Waals surface area contributed by atoms with Gasteiger partial charge in [0.1, 0.15) is 4.90 Å². The highest BCUT2D eigenvalue weighted by Gasteiger charge is 2.34. The molecule has 7 nitrogen and oxygen atoms in total. The number of carbonyl (C=O) groups excluding carboxylic acids is 1. The first-order valence-electron chi connectivity index (χ1n) is 10.2. The molecule has 168 valence electrons. The minimum Gasteiger partial charge on any atom is -0.352 e. The first-order valence-corrected chi connectivity index (χ1v) is 12.4. The molecule has 1 amide bonds. The average molecular weight is 493 g/mol. The molecule has 32 heavy (non-hydrogen) atoms. The van der Waals surface area contributed by atoms with Crippen LogP contribution >= 0.6 is 23.2 Å². The van der Waals surface area contributed by atoms with E-state index in [4.69, 9.17) is 23.2 Å². The van der Waals surface area contributed by atoms with Crippen molar-refractivity contribution in [3.05, 3.63) is 76.5 Å². The Morgan fingerprint density at radius 1 is 1.03 bits per heavy atom. The van der Waals surface area contributed by atoms with Gasteiger partial charge in [-0.1, -0.05) is 47.5 Å². The molecule has 1 saturated heterocycles. The van der Waals surface area contributed by atoms with Crippen molar-refractivity contribution in [2.24, 2.45) is 5.92 Å². The molecule has 1 N–H and O–H groups in total. The lowest BCUT2D eigenvalue weighted by atomic mass is 9.97. The number of benzene rings is 2. The zero-order chi connectivity index (χ0) is 22.7. The summed E-state index contributed by atoms with van der Waals surface area (Å²) in [7, 11) is -3.82. The van der Waals surface area contributed by atoms with Crippen molar-refractivity contribution >= 4 is 39.1 Å². The van der Waals surface area contributed by atoms with Crippen molar-refractivity contribution in [1.82, 2.24) is 19.4 Å². The molecule has 1 aromatic heterocycles. The maximum Gasteiger partial charge on any atom is 0.246 e. The third kappa shape index (κ3) is 4.83. The van der Waals surface area contributed by atoms with Crippen molar-refractivity contribution in [3.63, 3.8) is 0 Å². The fourth-order valence-corrected chi connectivity index (χ4v) is 6.28. The minimum absolute atomic E-state index is 0.0818. The summed E-state index contributed by atoms with van der Waals surface area (Å²) < 4.78 is 29.1. The van der Waals surface area contributed by atoms with E-state index >= 15 is 0 Å². The van der Waals surface area contributed by atoms with E-state index < -0.39 is 10.0 Å². The van der Waals surface area contributed by atoms with Crippen LogP contribution in [-0.2, 0) is 21.4 Å². The molecule has 10 heteroatoms. The smallest absolute Gasteiger partial charge is 0.246 e. The number of para-hydroxylation sites is 1. The first kappa shape index (κ1) is 22.8. The molecule has 0 bridgehead atoms. The van der Waals surface area contributed by atoms with Gasteiger partial charge in [0.2, 0.25) is 15.9 Å². The molecule has 0 saturated carbocycles. The van der Waals surface area contributed by atoms with E-state index in [1.54, 1.807) is 16.9 Å². The van der Waals surface area contributed by atoms with Gasteiger partial charge in [0, 0.05) is 37.3 Å². The number of halogens is 2. The second-order valence-electron chi connectivity index (χ2n) is 7.58. The highest BCUT2D eigenvalue weighted by atomic mass is 35.5. The van der Waals surface area contributed by atoms with E-state index in [0.717, 1.165) is 11.3 Å². The van der Waals surface area contributed by atoms with Gasteiger partial charge < -0.3 is 5.32 Å². The van der Waals surface area contributed by atoms with Crippen LogP contribution in [0.1, 0.15) is 18.4 Å². The molecule has 1 aliphatic heterocycles. The van der Waals surface area contributed by atoms with Crippen LogP contribution in [0.3, 0.4) is 0 Å². The predicted molar refractivity (Wildman–Crippen MR) is 123 cm³/mol. The SMILES string of the molecule is O=C(NCc1cnn(-c2ccccc2)c1)C1CCN(S(=O)(=O)c2c(Cl)cccc2Cl)CC1. The second-order valence-corrected chi connectivity index (χ2v) is 10.3. The van der Waals surface area contributed by atoms with Gasteiger partial charge in [-0.05, 0) is 37.1 Å². The Hall–Kier alpha value is -2.39. The molecule has 0 atom stereocenters. The number of sulfonamides is 1. The molecule has 1 fully saturated rings. The van der Waals surface area contributed by atoms with Crippen LogP contribution < -0.4 is 5.32 Å². The van der Waals surface area contributed by atoms with Crippen molar-refractivity contribution in [3.8, 4) is 5.69 Å². The van der Waals surface area contributed by atoms with Gasteiger partial charge in [0.25, 0.3) is 0 Å². The molecular weight excluding hydrogens is 471 g/mol. The van der Waals surface area contributed by atoms with Gasteiger partial charge in [-0.3, -0.25) is 4.79 Å². The van der Waals surface area contributed by atoms with E-state index in [0.29, 0.717) is 19.4 Å². The second kappa shape index (κ2) is 9.62. The maximum absolute atomic E-state index is 13.0. The number of nitrogens with one attached hydrogen (secondary N) is 1. The highest BCUT2D eigenvalue weighted by molar-refractivity contribution is 7.89. The molecule has 0 radical (unpaired) electrons. The number of nitrogens with zero attached hydrogens (tertiary/aromatic N) is 3. The van der Waals surface area contributed by atoms with Crippen molar-refractivity contribution in [1.29, 1.82) is 0 Å². The summed E-state index contributed by atoms with van der Waals surface area (Å²) in [5.41, 5.74) is 1.83. The number of carbonyl (C=O) groups is 1. The van der Waals surface area contributed by atoms with Gasteiger partial charge in [0.05, 0.1) is 21.9 Å². The Balaban J connectivity index is 1.33. The molecule has 3 aromatic rings. The highest BCUT2D eigenvalue weighted by Crippen LogP contribution is 2.33. The van der Waals surface area contributed by atoms with Crippen molar-refractivity contribution < 1.29 is 13.2 Å². The monoisotopic (exact) mass is 492 g/mol. The normalized spacial score (nSPS) is 15.6. The van der Waals surface area contributed by atoms with E-state index in [2.05, 4.69) is 10.4 Å². The van der Waals surface area contributed by atoms with Crippen LogP contribution in [0.25, 0.3) is 5.69 Å². The lowest BCUT2D eigenvalue weighted by Gasteiger charge is -2.31. The Labute approximate surface area is 197 Å². The number of amides is 1. The summed E-state index contributed by atoms with van der Waals surface area (Å²) in [6, 6.07) is 14.3. The largest absolute Gasteiger partial charge is 0.352 e. The minimum atomic E-state index is -3.82.